The summed E-state index contributed by atoms with van der Waals surface area (Å²) in [6, 6.07) is 0. The van der Waals surface area contributed by atoms with E-state index < -0.39 is 0 Å². The van der Waals surface area contributed by atoms with Gasteiger partial charge in [-0.05, 0) is 31.3 Å². The van der Waals surface area contributed by atoms with E-state index in [0.29, 0.717) is 0 Å². The van der Waals surface area contributed by atoms with Gasteiger partial charge in [0.25, 0.3) is 0 Å². The average Bonchev–Trinajstić information content (AvgIpc) is 2.08. The molecule has 0 aliphatic carbocycles. The van der Waals surface area contributed by atoms with Gasteiger partial charge in [0, 0.05) is 6.21 Å². The zero-order valence-corrected chi connectivity index (χ0v) is 10.0. The molecule has 13 heavy (non-hydrogen) atoms. The fourth-order valence-electron chi connectivity index (χ4n) is 0.665. The Labute approximate surface area is 89.1 Å². The van der Waals surface area contributed by atoms with Gasteiger partial charge in [-0.3, -0.25) is 4.99 Å². The van der Waals surface area contributed by atoms with Crippen LogP contribution in [0.15, 0.2) is 39.4 Å². The quantitative estimate of drug-likeness (QED) is 0.524. The topological polar surface area (TPSA) is 12.4 Å². The van der Waals surface area contributed by atoms with Crippen molar-refractivity contribution in [1.82, 2.24) is 0 Å². The van der Waals surface area contributed by atoms with E-state index in [9.17, 15) is 0 Å². The normalized spacial score (nSPS) is 14.8. The van der Waals surface area contributed by atoms with Crippen LogP contribution in [-0.2, 0) is 0 Å². The molecule has 2 heteroatoms. The molecule has 0 rings (SSSR count). The van der Waals surface area contributed by atoms with Crippen molar-refractivity contribution in [2.24, 2.45) is 4.99 Å². The SMILES string of the molecule is C/C=C\C=C(/C)CN=C/C=C(\C)Br. The Bertz CT molecular complexity index is 243. The minimum atomic E-state index is 0.765. The van der Waals surface area contributed by atoms with Gasteiger partial charge < -0.3 is 0 Å². The van der Waals surface area contributed by atoms with E-state index in [1.165, 1.54) is 5.57 Å². The molecule has 0 bridgehead atoms. The number of halogens is 1. The highest BCUT2D eigenvalue weighted by molar-refractivity contribution is 9.11. The fraction of sp³-hybridized carbons (Fsp3) is 0.364. The molecule has 0 aliphatic heterocycles. The van der Waals surface area contributed by atoms with Gasteiger partial charge in [0.2, 0.25) is 0 Å². The van der Waals surface area contributed by atoms with Crippen LogP contribution in [0.3, 0.4) is 0 Å². The van der Waals surface area contributed by atoms with E-state index in [0.717, 1.165) is 11.0 Å². The molecule has 0 aromatic heterocycles. The van der Waals surface area contributed by atoms with Crippen LogP contribution in [0.2, 0.25) is 0 Å². The minimum absolute atomic E-state index is 0.765. The van der Waals surface area contributed by atoms with Crippen molar-refractivity contribution in [3.8, 4) is 0 Å². The Kier molecular flexibility index (Phi) is 7.60. The summed E-state index contributed by atoms with van der Waals surface area (Å²) in [5.41, 5.74) is 1.26. The standard InChI is InChI=1S/C11H16BrN/c1-4-5-6-10(2)9-13-8-7-11(3)12/h4-8H,9H2,1-3H3/b5-4-,10-6+,11-7+,13-8?. The zero-order chi connectivity index (χ0) is 10.1. The van der Waals surface area contributed by atoms with Crippen LogP contribution in [0.4, 0.5) is 0 Å². The largest absolute Gasteiger partial charge is 0.289 e. The first-order chi connectivity index (χ1) is 6.16. The summed E-state index contributed by atoms with van der Waals surface area (Å²) in [5, 5.41) is 0. The molecule has 0 saturated heterocycles. The molecule has 0 fully saturated rings. The van der Waals surface area contributed by atoms with E-state index in [-0.39, 0.29) is 0 Å². The molecular weight excluding hydrogens is 226 g/mol. The van der Waals surface area contributed by atoms with Gasteiger partial charge in [0.05, 0.1) is 6.54 Å². The Morgan fingerprint density at radius 3 is 2.54 bits per heavy atom. The van der Waals surface area contributed by atoms with E-state index in [1.807, 2.05) is 38.3 Å². The van der Waals surface area contributed by atoms with Crippen molar-refractivity contribution in [2.45, 2.75) is 20.8 Å². The van der Waals surface area contributed by atoms with Gasteiger partial charge in [0.1, 0.15) is 0 Å². The molecule has 0 amide bonds. The van der Waals surface area contributed by atoms with Crippen molar-refractivity contribution >= 4 is 22.1 Å². The number of aliphatic imine (C=N–C) groups is 1. The molecule has 0 radical (unpaired) electrons. The maximum Gasteiger partial charge on any atom is 0.0599 e. The van der Waals surface area contributed by atoms with Crippen LogP contribution in [0.25, 0.3) is 0 Å². The number of nitrogens with zero attached hydrogens (tertiary/aromatic N) is 1. The van der Waals surface area contributed by atoms with Crippen molar-refractivity contribution in [1.29, 1.82) is 0 Å². The summed E-state index contributed by atoms with van der Waals surface area (Å²) in [5.74, 6) is 0. The highest BCUT2D eigenvalue weighted by Crippen LogP contribution is 1.99. The molecule has 0 unspecified atom stereocenters. The molecule has 0 spiro atoms. The van der Waals surface area contributed by atoms with Crippen LogP contribution in [0.5, 0.6) is 0 Å². The first kappa shape index (κ1) is 12.4. The zero-order valence-electron chi connectivity index (χ0n) is 8.42. The van der Waals surface area contributed by atoms with Crippen molar-refractivity contribution < 1.29 is 0 Å². The van der Waals surface area contributed by atoms with Crippen LogP contribution in [0, 0.1) is 0 Å². The molecule has 0 N–H and O–H groups in total. The smallest absolute Gasteiger partial charge is 0.0599 e. The monoisotopic (exact) mass is 241 g/mol. The van der Waals surface area contributed by atoms with Gasteiger partial charge in [0.15, 0.2) is 0 Å². The van der Waals surface area contributed by atoms with Gasteiger partial charge in [-0.2, -0.15) is 0 Å². The minimum Gasteiger partial charge on any atom is -0.289 e. The number of rotatable bonds is 4. The Morgan fingerprint density at radius 1 is 1.31 bits per heavy atom. The van der Waals surface area contributed by atoms with E-state index >= 15 is 0 Å². The predicted octanol–water partition coefficient (Wildman–Crippen LogP) is 3.88. The number of hydrogen-bond donors (Lipinski definition) is 0. The summed E-state index contributed by atoms with van der Waals surface area (Å²) in [6.07, 6.45) is 9.86. The van der Waals surface area contributed by atoms with Gasteiger partial charge in [-0.1, -0.05) is 39.7 Å². The molecule has 0 atom stereocenters. The second kappa shape index (κ2) is 7.99. The molecule has 0 aromatic carbocycles. The third-order valence-corrected chi connectivity index (χ3v) is 1.59. The summed E-state index contributed by atoms with van der Waals surface area (Å²) in [7, 11) is 0. The summed E-state index contributed by atoms with van der Waals surface area (Å²) in [6.45, 7) is 6.82. The fourth-order valence-corrected chi connectivity index (χ4v) is 0.784. The lowest BCUT2D eigenvalue weighted by Gasteiger charge is -1.91. The highest BCUT2D eigenvalue weighted by atomic mass is 79.9. The summed E-state index contributed by atoms with van der Waals surface area (Å²) >= 11 is 3.33. The van der Waals surface area contributed by atoms with Crippen LogP contribution >= 0.6 is 15.9 Å². The third-order valence-electron chi connectivity index (χ3n) is 1.32. The predicted molar refractivity (Wildman–Crippen MR) is 64.6 cm³/mol. The Morgan fingerprint density at radius 2 is 2.00 bits per heavy atom. The number of allylic oxidation sites excluding steroid dienone is 5. The molecule has 0 aliphatic rings. The van der Waals surface area contributed by atoms with E-state index in [2.05, 4.69) is 33.9 Å². The van der Waals surface area contributed by atoms with E-state index in [4.69, 9.17) is 0 Å². The second-order valence-corrected chi connectivity index (χ2v) is 4.03. The lowest BCUT2D eigenvalue weighted by Crippen LogP contribution is -1.82. The maximum atomic E-state index is 4.23. The summed E-state index contributed by atoms with van der Waals surface area (Å²) < 4.78 is 1.09. The Hall–Kier alpha value is -0.630. The Balaban J connectivity index is 3.89. The van der Waals surface area contributed by atoms with Crippen molar-refractivity contribution in [2.75, 3.05) is 6.54 Å². The third kappa shape index (κ3) is 9.28. The van der Waals surface area contributed by atoms with Crippen LogP contribution in [0.1, 0.15) is 20.8 Å². The maximum absolute atomic E-state index is 4.23. The van der Waals surface area contributed by atoms with Gasteiger partial charge >= 0.3 is 0 Å². The van der Waals surface area contributed by atoms with Crippen molar-refractivity contribution in [3.05, 3.63) is 34.4 Å². The molecular formula is C11H16BrN. The van der Waals surface area contributed by atoms with Gasteiger partial charge in [-0.15, -0.1) is 0 Å². The number of hydrogen-bond acceptors (Lipinski definition) is 1. The average molecular weight is 242 g/mol. The lowest BCUT2D eigenvalue weighted by molar-refractivity contribution is 1.14. The summed E-state index contributed by atoms with van der Waals surface area (Å²) in [4.78, 5) is 4.23. The van der Waals surface area contributed by atoms with Crippen LogP contribution < -0.4 is 0 Å². The first-order valence-corrected chi connectivity index (χ1v) is 5.06. The van der Waals surface area contributed by atoms with Crippen molar-refractivity contribution in [3.63, 3.8) is 0 Å². The molecule has 1 nitrogen and oxygen atoms in total. The molecule has 0 heterocycles. The lowest BCUT2D eigenvalue weighted by atomic mass is 10.3. The molecule has 72 valence electrons. The first-order valence-electron chi connectivity index (χ1n) is 4.27. The highest BCUT2D eigenvalue weighted by Gasteiger charge is 1.81. The molecule has 0 saturated carbocycles. The van der Waals surface area contributed by atoms with Gasteiger partial charge in [-0.25, -0.2) is 0 Å². The molecule has 0 aromatic rings. The van der Waals surface area contributed by atoms with E-state index in [1.54, 1.807) is 0 Å². The second-order valence-electron chi connectivity index (χ2n) is 2.78. The van der Waals surface area contributed by atoms with Crippen LogP contribution in [-0.4, -0.2) is 12.8 Å².